The van der Waals surface area contributed by atoms with Crippen molar-refractivity contribution in [2.24, 2.45) is 5.73 Å². The molecule has 0 aromatic heterocycles. The van der Waals surface area contributed by atoms with Gasteiger partial charge in [0.25, 0.3) is 5.91 Å². The molecule has 0 radical (unpaired) electrons. The Morgan fingerprint density at radius 1 is 1.10 bits per heavy atom. The predicted molar refractivity (Wildman–Crippen MR) is 70.5 cm³/mol. The smallest absolute Gasteiger partial charge is 0.250 e. The summed E-state index contributed by atoms with van der Waals surface area (Å²) in [5, 5.41) is 0. The normalized spacial score (nSPS) is 10.3. The summed E-state index contributed by atoms with van der Waals surface area (Å²) in [6, 6.07) is 6.12. The summed E-state index contributed by atoms with van der Waals surface area (Å²) in [6.45, 7) is 1.74. The lowest BCUT2D eigenvalue weighted by Crippen LogP contribution is -2.14. The van der Waals surface area contributed by atoms with Crippen molar-refractivity contribution in [2.75, 3.05) is 5.73 Å². The second-order valence-electron chi connectivity index (χ2n) is 4.27. The fraction of sp³-hybridized carbons (Fsp3) is 0.0714. The summed E-state index contributed by atoms with van der Waals surface area (Å²) in [7, 11) is 0. The summed E-state index contributed by atoms with van der Waals surface area (Å²) < 4.78 is 32.4. The number of nitrogens with two attached hydrogens (primary N) is 2. The first-order valence-corrected chi connectivity index (χ1v) is 5.71. The largest absolute Gasteiger partial charge is 0.451 e. The lowest BCUT2D eigenvalue weighted by Gasteiger charge is -2.11. The number of primary amides is 1. The van der Waals surface area contributed by atoms with Crippen molar-refractivity contribution >= 4 is 11.6 Å². The third kappa shape index (κ3) is 2.69. The highest BCUT2D eigenvalue weighted by molar-refractivity contribution is 5.98. The summed E-state index contributed by atoms with van der Waals surface area (Å²) >= 11 is 0. The van der Waals surface area contributed by atoms with Crippen molar-refractivity contribution < 1.29 is 18.3 Å². The molecule has 4 nitrogen and oxygen atoms in total. The molecule has 0 aliphatic rings. The fourth-order valence-electron chi connectivity index (χ4n) is 1.67. The number of anilines is 1. The van der Waals surface area contributed by atoms with E-state index in [0.29, 0.717) is 0 Å². The molecule has 2 rings (SSSR count). The Kier molecular flexibility index (Phi) is 3.56. The first-order chi connectivity index (χ1) is 9.38. The van der Waals surface area contributed by atoms with E-state index in [1.54, 1.807) is 13.0 Å². The van der Waals surface area contributed by atoms with E-state index < -0.39 is 17.5 Å². The predicted octanol–water partition coefficient (Wildman–Crippen LogP) is 2.75. The molecule has 0 atom stereocenters. The molecule has 4 N–H and O–H groups in total. The molecule has 0 heterocycles. The highest BCUT2D eigenvalue weighted by Crippen LogP contribution is 2.30. The third-order valence-corrected chi connectivity index (χ3v) is 2.68. The standard InChI is InChI=1S/C14H12F2N2O2/c1-7-2-3-9(15)12(4-7)20-13-5-8(14(18)19)11(17)6-10(13)16/h2-6H,17H2,1H3,(H2,18,19). The lowest BCUT2D eigenvalue weighted by molar-refractivity contribution is 0.100. The number of halogens is 2. The first-order valence-electron chi connectivity index (χ1n) is 5.71. The molecule has 0 aliphatic heterocycles. The number of amides is 1. The van der Waals surface area contributed by atoms with Crippen molar-refractivity contribution in [3.63, 3.8) is 0 Å². The van der Waals surface area contributed by atoms with Gasteiger partial charge in [0.1, 0.15) is 0 Å². The van der Waals surface area contributed by atoms with Crippen LogP contribution in [-0.2, 0) is 0 Å². The summed E-state index contributed by atoms with van der Waals surface area (Å²) in [6.07, 6.45) is 0. The molecule has 2 aromatic rings. The van der Waals surface area contributed by atoms with Gasteiger partial charge in [-0.15, -0.1) is 0 Å². The Labute approximate surface area is 114 Å². The van der Waals surface area contributed by atoms with Crippen LogP contribution in [0.15, 0.2) is 30.3 Å². The number of ether oxygens (including phenoxy) is 1. The average Bonchev–Trinajstić information content (AvgIpc) is 2.36. The van der Waals surface area contributed by atoms with Gasteiger partial charge in [0.2, 0.25) is 0 Å². The second-order valence-corrected chi connectivity index (χ2v) is 4.27. The van der Waals surface area contributed by atoms with Gasteiger partial charge in [0.15, 0.2) is 23.1 Å². The molecular formula is C14H12F2N2O2. The quantitative estimate of drug-likeness (QED) is 0.847. The number of rotatable bonds is 3. The van der Waals surface area contributed by atoms with Crippen LogP contribution in [0.4, 0.5) is 14.5 Å². The zero-order valence-electron chi connectivity index (χ0n) is 10.6. The molecule has 6 heteroatoms. The van der Waals surface area contributed by atoms with E-state index in [2.05, 4.69) is 0 Å². The van der Waals surface area contributed by atoms with Crippen molar-refractivity contribution in [1.29, 1.82) is 0 Å². The second kappa shape index (κ2) is 5.16. The van der Waals surface area contributed by atoms with E-state index in [1.807, 2.05) is 0 Å². The van der Waals surface area contributed by atoms with Crippen LogP contribution in [0, 0.1) is 18.6 Å². The molecule has 1 amide bonds. The van der Waals surface area contributed by atoms with Gasteiger partial charge in [0, 0.05) is 11.8 Å². The maximum atomic E-state index is 13.7. The summed E-state index contributed by atoms with van der Waals surface area (Å²) in [5.74, 6) is -2.75. The number of nitrogen functional groups attached to an aromatic ring is 1. The van der Waals surface area contributed by atoms with Gasteiger partial charge in [-0.25, -0.2) is 8.78 Å². The van der Waals surface area contributed by atoms with E-state index >= 15 is 0 Å². The maximum absolute atomic E-state index is 13.7. The van der Waals surface area contributed by atoms with Gasteiger partial charge in [0.05, 0.1) is 5.56 Å². The van der Waals surface area contributed by atoms with Crippen LogP contribution in [0.25, 0.3) is 0 Å². The Balaban J connectivity index is 2.45. The van der Waals surface area contributed by atoms with Crippen molar-refractivity contribution in [3.05, 3.63) is 53.1 Å². The topological polar surface area (TPSA) is 78.3 Å². The number of carbonyl (C=O) groups is 1. The van der Waals surface area contributed by atoms with Gasteiger partial charge in [-0.2, -0.15) is 0 Å². The molecule has 0 saturated heterocycles. The first kappa shape index (κ1) is 13.8. The van der Waals surface area contributed by atoms with Gasteiger partial charge in [-0.05, 0) is 30.7 Å². The van der Waals surface area contributed by atoms with Crippen LogP contribution in [0.3, 0.4) is 0 Å². The van der Waals surface area contributed by atoms with Crippen LogP contribution in [-0.4, -0.2) is 5.91 Å². The molecule has 0 bridgehead atoms. The monoisotopic (exact) mass is 278 g/mol. The minimum Gasteiger partial charge on any atom is -0.451 e. The van der Waals surface area contributed by atoms with Gasteiger partial charge in [-0.3, -0.25) is 4.79 Å². The number of aryl methyl sites for hydroxylation is 1. The summed E-state index contributed by atoms with van der Waals surface area (Å²) in [5.41, 5.74) is 11.1. The van der Waals surface area contributed by atoms with Crippen LogP contribution >= 0.6 is 0 Å². The number of hydrogen-bond acceptors (Lipinski definition) is 3. The van der Waals surface area contributed by atoms with Crippen LogP contribution in [0.2, 0.25) is 0 Å². The van der Waals surface area contributed by atoms with E-state index in [9.17, 15) is 13.6 Å². The molecule has 0 saturated carbocycles. The maximum Gasteiger partial charge on any atom is 0.250 e. The minimum absolute atomic E-state index is 0.0885. The number of hydrogen-bond donors (Lipinski definition) is 2. The molecule has 0 fully saturated rings. The van der Waals surface area contributed by atoms with Gasteiger partial charge < -0.3 is 16.2 Å². The zero-order valence-corrected chi connectivity index (χ0v) is 10.6. The molecule has 0 spiro atoms. The average molecular weight is 278 g/mol. The third-order valence-electron chi connectivity index (χ3n) is 2.68. The lowest BCUT2D eigenvalue weighted by atomic mass is 10.1. The zero-order chi connectivity index (χ0) is 14.9. The SMILES string of the molecule is Cc1ccc(F)c(Oc2cc(C(N)=O)c(N)cc2F)c1. The molecule has 0 aliphatic carbocycles. The number of benzene rings is 2. The Morgan fingerprint density at radius 3 is 2.40 bits per heavy atom. The van der Waals surface area contributed by atoms with E-state index in [0.717, 1.165) is 17.7 Å². The highest BCUT2D eigenvalue weighted by atomic mass is 19.1. The van der Waals surface area contributed by atoms with Crippen molar-refractivity contribution in [2.45, 2.75) is 6.92 Å². The van der Waals surface area contributed by atoms with Crippen LogP contribution in [0.1, 0.15) is 15.9 Å². The number of carbonyl (C=O) groups excluding carboxylic acids is 1. The van der Waals surface area contributed by atoms with Gasteiger partial charge >= 0.3 is 0 Å². The van der Waals surface area contributed by atoms with E-state index in [-0.39, 0.29) is 22.7 Å². The van der Waals surface area contributed by atoms with Crippen molar-refractivity contribution in [1.82, 2.24) is 0 Å². The Morgan fingerprint density at radius 2 is 1.75 bits per heavy atom. The minimum atomic E-state index is -0.822. The summed E-state index contributed by atoms with van der Waals surface area (Å²) in [4.78, 5) is 11.1. The van der Waals surface area contributed by atoms with E-state index in [4.69, 9.17) is 16.2 Å². The molecule has 104 valence electrons. The Hall–Kier alpha value is -2.63. The van der Waals surface area contributed by atoms with Crippen molar-refractivity contribution in [3.8, 4) is 11.5 Å². The van der Waals surface area contributed by atoms with Crippen LogP contribution in [0.5, 0.6) is 11.5 Å². The van der Waals surface area contributed by atoms with E-state index in [1.165, 1.54) is 12.1 Å². The van der Waals surface area contributed by atoms with Gasteiger partial charge in [-0.1, -0.05) is 6.07 Å². The Bertz CT molecular complexity index is 687. The highest BCUT2D eigenvalue weighted by Gasteiger charge is 2.15. The molecular weight excluding hydrogens is 266 g/mol. The molecule has 20 heavy (non-hydrogen) atoms. The fourth-order valence-corrected chi connectivity index (χ4v) is 1.67. The van der Waals surface area contributed by atoms with Crippen LogP contribution < -0.4 is 16.2 Å². The molecule has 2 aromatic carbocycles. The molecule has 0 unspecified atom stereocenters.